The fraction of sp³-hybridized carbons (Fsp3) is 0.846. The molecular weight excluding hydrogens is 264 g/mol. The lowest BCUT2D eigenvalue weighted by Gasteiger charge is -2.36. The third-order valence-electron chi connectivity index (χ3n) is 4.28. The van der Waals surface area contributed by atoms with Crippen LogP contribution >= 0.6 is 11.8 Å². The van der Waals surface area contributed by atoms with Crippen LogP contribution in [0.5, 0.6) is 0 Å². The molecule has 0 unspecified atom stereocenters. The summed E-state index contributed by atoms with van der Waals surface area (Å²) in [7, 11) is 0. The summed E-state index contributed by atoms with van der Waals surface area (Å²) in [5, 5.41) is 14.5. The van der Waals surface area contributed by atoms with E-state index in [1.165, 1.54) is 19.3 Å². The number of aliphatic carboxylic acids is 1. The van der Waals surface area contributed by atoms with Gasteiger partial charge in [0.1, 0.15) is 5.54 Å². The smallest absolute Gasteiger partial charge is 0.329 e. The molecule has 0 radical (unpaired) electrons. The third kappa shape index (κ3) is 3.35. The molecule has 6 heteroatoms. The lowest BCUT2D eigenvalue weighted by Crippen LogP contribution is -2.51. The SMILES string of the molecule is CSC1(CNC(=O)NC2(C(=O)O)CC2)CCCCC1. The van der Waals surface area contributed by atoms with Crippen molar-refractivity contribution in [3.63, 3.8) is 0 Å². The summed E-state index contributed by atoms with van der Waals surface area (Å²) in [5.74, 6) is -0.931. The van der Waals surface area contributed by atoms with Crippen LogP contribution in [0.25, 0.3) is 0 Å². The molecule has 108 valence electrons. The maximum Gasteiger partial charge on any atom is 0.329 e. The van der Waals surface area contributed by atoms with E-state index in [4.69, 9.17) is 5.11 Å². The van der Waals surface area contributed by atoms with Crippen LogP contribution in [-0.2, 0) is 4.79 Å². The van der Waals surface area contributed by atoms with E-state index in [-0.39, 0.29) is 10.8 Å². The number of carbonyl (C=O) groups is 2. The molecule has 2 fully saturated rings. The lowest BCUT2D eigenvalue weighted by molar-refractivity contribution is -0.140. The molecule has 2 rings (SSSR count). The quantitative estimate of drug-likeness (QED) is 0.722. The highest BCUT2D eigenvalue weighted by molar-refractivity contribution is 8.00. The van der Waals surface area contributed by atoms with E-state index in [1.54, 1.807) is 0 Å². The Morgan fingerprint density at radius 1 is 1.16 bits per heavy atom. The van der Waals surface area contributed by atoms with Crippen molar-refractivity contribution in [1.82, 2.24) is 10.6 Å². The molecule has 0 spiro atoms. The monoisotopic (exact) mass is 286 g/mol. The van der Waals surface area contributed by atoms with Gasteiger partial charge in [0, 0.05) is 11.3 Å². The maximum atomic E-state index is 11.8. The number of hydrogen-bond acceptors (Lipinski definition) is 3. The molecule has 2 aliphatic rings. The van der Waals surface area contributed by atoms with Crippen molar-refractivity contribution >= 4 is 23.8 Å². The third-order valence-corrected chi connectivity index (χ3v) is 5.70. The summed E-state index contributed by atoms with van der Waals surface area (Å²) < 4.78 is 0.134. The fourth-order valence-corrected chi connectivity index (χ4v) is 3.58. The number of urea groups is 1. The Balaban J connectivity index is 1.81. The number of thioether (sulfide) groups is 1. The molecule has 2 aliphatic carbocycles. The first-order valence-corrected chi connectivity index (χ1v) is 8.09. The first-order valence-electron chi connectivity index (χ1n) is 6.87. The zero-order chi connectivity index (χ0) is 13.9. The van der Waals surface area contributed by atoms with Crippen molar-refractivity contribution in [3.8, 4) is 0 Å². The average molecular weight is 286 g/mol. The molecule has 0 aliphatic heterocycles. The number of amides is 2. The average Bonchev–Trinajstić information content (AvgIpc) is 3.18. The predicted octanol–water partition coefficient (Wildman–Crippen LogP) is 1.97. The van der Waals surface area contributed by atoms with Crippen molar-refractivity contribution in [3.05, 3.63) is 0 Å². The molecular formula is C13H22N2O3S. The molecule has 0 aromatic rings. The predicted molar refractivity (Wildman–Crippen MR) is 75.5 cm³/mol. The topological polar surface area (TPSA) is 78.4 Å². The van der Waals surface area contributed by atoms with Gasteiger partial charge in [0.2, 0.25) is 0 Å². The van der Waals surface area contributed by atoms with Crippen molar-refractivity contribution in [2.24, 2.45) is 0 Å². The first-order chi connectivity index (χ1) is 9.02. The zero-order valence-electron chi connectivity index (χ0n) is 11.3. The van der Waals surface area contributed by atoms with Crippen LogP contribution in [0, 0.1) is 0 Å². The van der Waals surface area contributed by atoms with Gasteiger partial charge in [-0.1, -0.05) is 19.3 Å². The maximum absolute atomic E-state index is 11.8. The normalized spacial score (nSPS) is 23.4. The van der Waals surface area contributed by atoms with Crippen LogP contribution in [0.1, 0.15) is 44.9 Å². The molecule has 5 nitrogen and oxygen atoms in total. The highest BCUT2D eigenvalue weighted by Crippen LogP contribution is 2.38. The van der Waals surface area contributed by atoms with Crippen molar-refractivity contribution in [2.75, 3.05) is 12.8 Å². The first kappa shape index (κ1) is 14.5. The number of carboxylic acid groups (broad SMARTS) is 1. The van der Waals surface area contributed by atoms with Gasteiger partial charge in [0.15, 0.2) is 0 Å². The minimum Gasteiger partial charge on any atom is -0.480 e. The van der Waals surface area contributed by atoms with Gasteiger partial charge in [-0.25, -0.2) is 9.59 Å². The lowest BCUT2D eigenvalue weighted by atomic mass is 9.88. The van der Waals surface area contributed by atoms with Gasteiger partial charge in [0.05, 0.1) is 0 Å². The summed E-state index contributed by atoms with van der Waals surface area (Å²) in [6, 6.07) is -0.348. The summed E-state index contributed by atoms with van der Waals surface area (Å²) >= 11 is 1.82. The molecule has 0 aromatic heterocycles. The van der Waals surface area contributed by atoms with Gasteiger partial charge >= 0.3 is 12.0 Å². The van der Waals surface area contributed by atoms with Crippen LogP contribution in [0.4, 0.5) is 4.79 Å². The van der Waals surface area contributed by atoms with Gasteiger partial charge in [-0.3, -0.25) is 0 Å². The fourth-order valence-electron chi connectivity index (χ4n) is 2.67. The summed E-state index contributed by atoms with van der Waals surface area (Å²) in [5.41, 5.74) is -0.997. The largest absolute Gasteiger partial charge is 0.480 e. The van der Waals surface area contributed by atoms with Gasteiger partial charge in [0.25, 0.3) is 0 Å². The second-order valence-electron chi connectivity index (χ2n) is 5.64. The molecule has 0 atom stereocenters. The molecule has 2 saturated carbocycles. The Morgan fingerprint density at radius 2 is 1.79 bits per heavy atom. The number of nitrogens with one attached hydrogen (secondary N) is 2. The van der Waals surface area contributed by atoms with E-state index < -0.39 is 11.5 Å². The molecule has 0 aromatic carbocycles. The van der Waals surface area contributed by atoms with E-state index in [0.717, 1.165) is 12.8 Å². The molecule has 3 N–H and O–H groups in total. The number of rotatable bonds is 5. The number of hydrogen-bond donors (Lipinski definition) is 3. The highest BCUT2D eigenvalue weighted by atomic mass is 32.2. The summed E-state index contributed by atoms with van der Waals surface area (Å²) in [6.45, 7) is 0.621. The summed E-state index contributed by atoms with van der Waals surface area (Å²) in [4.78, 5) is 22.8. The number of carboxylic acids is 1. The Bertz CT molecular complexity index is 363. The second-order valence-corrected chi connectivity index (χ2v) is 6.92. The Hall–Kier alpha value is -0.910. The molecule has 2 amide bonds. The standard InChI is InChI=1S/C13H22N2O3S/c1-19-12(5-3-2-4-6-12)9-14-11(18)15-13(7-8-13)10(16)17/h2-9H2,1H3,(H,16,17)(H2,14,15,18). The Kier molecular flexibility index (Phi) is 4.28. The van der Waals surface area contributed by atoms with Crippen molar-refractivity contribution in [1.29, 1.82) is 0 Å². The van der Waals surface area contributed by atoms with Crippen LogP contribution in [0.2, 0.25) is 0 Å². The van der Waals surface area contributed by atoms with Gasteiger partial charge in [-0.15, -0.1) is 0 Å². The van der Waals surface area contributed by atoms with Gasteiger partial charge in [-0.05, 0) is 31.9 Å². The van der Waals surface area contributed by atoms with Crippen molar-refractivity contribution < 1.29 is 14.7 Å². The second kappa shape index (κ2) is 5.61. The van der Waals surface area contributed by atoms with E-state index in [9.17, 15) is 9.59 Å². The highest BCUT2D eigenvalue weighted by Gasteiger charge is 2.51. The Morgan fingerprint density at radius 3 is 2.26 bits per heavy atom. The van der Waals surface area contributed by atoms with Crippen LogP contribution in [0.15, 0.2) is 0 Å². The summed E-state index contributed by atoms with van der Waals surface area (Å²) in [6.07, 6.45) is 9.09. The van der Waals surface area contributed by atoms with E-state index in [0.29, 0.717) is 19.4 Å². The van der Waals surface area contributed by atoms with Crippen LogP contribution in [0.3, 0.4) is 0 Å². The molecule has 0 heterocycles. The zero-order valence-corrected chi connectivity index (χ0v) is 12.1. The molecule has 0 saturated heterocycles. The number of carbonyl (C=O) groups excluding carboxylic acids is 1. The Labute approximate surface area is 117 Å². The minimum atomic E-state index is -0.997. The van der Waals surface area contributed by atoms with E-state index in [1.807, 2.05) is 11.8 Å². The molecule has 19 heavy (non-hydrogen) atoms. The van der Waals surface area contributed by atoms with Crippen molar-refractivity contribution in [2.45, 2.75) is 55.2 Å². The van der Waals surface area contributed by atoms with E-state index >= 15 is 0 Å². The van der Waals surface area contributed by atoms with Crippen LogP contribution in [-0.4, -0.2) is 40.2 Å². The van der Waals surface area contributed by atoms with Crippen LogP contribution < -0.4 is 10.6 Å². The van der Waals surface area contributed by atoms with E-state index in [2.05, 4.69) is 16.9 Å². The molecule has 0 bridgehead atoms. The van der Waals surface area contributed by atoms with Gasteiger partial charge < -0.3 is 15.7 Å². The minimum absolute atomic E-state index is 0.134. The van der Waals surface area contributed by atoms with Gasteiger partial charge in [-0.2, -0.15) is 11.8 Å².